The maximum atomic E-state index is 12.6. The number of aromatic nitrogens is 1. The number of halogens is 1. The lowest BCUT2D eigenvalue weighted by atomic mass is 10.1. The van der Waals surface area contributed by atoms with Crippen LogP contribution in [0.5, 0.6) is 5.75 Å². The molecule has 0 saturated heterocycles. The monoisotopic (exact) mass is 381 g/mol. The topological polar surface area (TPSA) is 65.2 Å². The van der Waals surface area contributed by atoms with Gasteiger partial charge in [-0.25, -0.2) is 0 Å². The van der Waals surface area contributed by atoms with Gasteiger partial charge in [0.1, 0.15) is 17.5 Å². The van der Waals surface area contributed by atoms with Gasteiger partial charge in [0.25, 0.3) is 5.91 Å². The van der Waals surface area contributed by atoms with Gasteiger partial charge < -0.3 is 9.57 Å². The third-order valence-corrected chi connectivity index (χ3v) is 4.83. The third-order valence-electron chi connectivity index (χ3n) is 3.24. The van der Waals surface area contributed by atoms with Crippen LogP contribution in [0.1, 0.15) is 36.7 Å². The second-order valence-corrected chi connectivity index (χ2v) is 7.56. The first-order chi connectivity index (χ1) is 11.8. The van der Waals surface area contributed by atoms with Crippen LogP contribution in [0.25, 0.3) is 0 Å². The van der Waals surface area contributed by atoms with E-state index in [9.17, 15) is 4.79 Å². The van der Waals surface area contributed by atoms with Crippen molar-refractivity contribution in [2.45, 2.75) is 26.3 Å². The van der Waals surface area contributed by atoms with Crippen LogP contribution in [-0.4, -0.2) is 30.3 Å². The molecule has 134 valence electrons. The van der Waals surface area contributed by atoms with E-state index in [0.29, 0.717) is 26.6 Å². The fourth-order valence-corrected chi connectivity index (χ4v) is 3.10. The molecule has 1 aromatic carbocycles. The van der Waals surface area contributed by atoms with E-state index in [0.717, 1.165) is 0 Å². The van der Waals surface area contributed by atoms with Gasteiger partial charge in [-0.2, -0.15) is 4.99 Å². The average Bonchev–Trinajstić information content (AvgIpc) is 2.95. The molecule has 0 aliphatic rings. The minimum absolute atomic E-state index is 0.148. The van der Waals surface area contributed by atoms with E-state index in [2.05, 4.69) is 30.9 Å². The number of hydrogen-bond donors (Lipinski definition) is 0. The molecule has 0 unspecified atom stereocenters. The van der Waals surface area contributed by atoms with Crippen LogP contribution in [0.2, 0.25) is 5.02 Å². The number of nitrogens with zero attached hydrogens (tertiary/aromatic N) is 3. The standard InChI is InChI=1S/C17H20ClN3O3S/c1-17(2,3)21-10-11(9-19-24-5)16(25-21)20-15(22)13-8-12(18)6-7-14(13)23-4/h6-10H,1-5H3. The summed E-state index contributed by atoms with van der Waals surface area (Å²) in [6.07, 6.45) is 3.41. The third kappa shape index (κ3) is 4.70. The molecule has 1 aromatic heterocycles. The Morgan fingerprint density at radius 2 is 2.04 bits per heavy atom. The highest BCUT2D eigenvalue weighted by atomic mass is 35.5. The number of hydrogen-bond acceptors (Lipinski definition) is 5. The van der Waals surface area contributed by atoms with Gasteiger partial charge in [-0.3, -0.25) is 8.75 Å². The van der Waals surface area contributed by atoms with Crippen molar-refractivity contribution in [3.63, 3.8) is 0 Å². The van der Waals surface area contributed by atoms with Gasteiger partial charge in [0.15, 0.2) is 0 Å². The van der Waals surface area contributed by atoms with Crippen LogP contribution < -0.4 is 9.41 Å². The number of amides is 1. The summed E-state index contributed by atoms with van der Waals surface area (Å²) in [6, 6.07) is 4.84. The fourth-order valence-electron chi connectivity index (χ4n) is 1.97. The van der Waals surface area contributed by atoms with Gasteiger partial charge in [-0.1, -0.05) is 16.8 Å². The summed E-state index contributed by atoms with van der Waals surface area (Å²) in [5, 5.41) is 4.22. The molecule has 8 heteroatoms. The molecular weight excluding hydrogens is 362 g/mol. The van der Waals surface area contributed by atoms with E-state index < -0.39 is 5.91 Å². The van der Waals surface area contributed by atoms with Crippen LogP contribution in [0, 0.1) is 0 Å². The zero-order valence-electron chi connectivity index (χ0n) is 14.7. The molecule has 0 bridgehead atoms. The van der Waals surface area contributed by atoms with Gasteiger partial charge in [0.05, 0.1) is 24.5 Å². The predicted octanol–water partition coefficient (Wildman–Crippen LogP) is 3.69. The SMILES string of the molecule is CON=Cc1cn(C(C)(C)C)sc1=NC(=O)c1cc(Cl)ccc1OC. The van der Waals surface area contributed by atoms with Crippen molar-refractivity contribution in [2.75, 3.05) is 14.2 Å². The van der Waals surface area contributed by atoms with Crippen molar-refractivity contribution >= 4 is 35.3 Å². The Balaban J connectivity index is 2.56. The molecule has 6 nitrogen and oxygen atoms in total. The fraction of sp³-hybridized carbons (Fsp3) is 0.353. The number of carbonyl (C=O) groups is 1. The number of rotatable bonds is 4. The Hall–Kier alpha value is -2.12. The normalized spacial score (nSPS) is 12.6. The lowest BCUT2D eigenvalue weighted by Crippen LogP contribution is -2.18. The number of carbonyl (C=O) groups excluding carboxylic acids is 1. The van der Waals surface area contributed by atoms with Crippen LogP contribution in [0.3, 0.4) is 0 Å². The summed E-state index contributed by atoms with van der Waals surface area (Å²) in [5.74, 6) is -0.0140. The first-order valence-corrected chi connectivity index (χ1v) is 8.64. The average molecular weight is 382 g/mol. The number of ether oxygens (including phenoxy) is 1. The summed E-state index contributed by atoms with van der Waals surface area (Å²) in [6.45, 7) is 6.19. The van der Waals surface area contributed by atoms with Crippen molar-refractivity contribution in [2.24, 2.45) is 10.1 Å². The highest BCUT2D eigenvalue weighted by Crippen LogP contribution is 2.23. The Morgan fingerprint density at radius 1 is 1.32 bits per heavy atom. The van der Waals surface area contributed by atoms with E-state index in [1.165, 1.54) is 32.0 Å². The lowest BCUT2D eigenvalue weighted by Gasteiger charge is -2.19. The highest BCUT2D eigenvalue weighted by molar-refractivity contribution is 7.04. The van der Waals surface area contributed by atoms with Crippen LogP contribution in [-0.2, 0) is 10.4 Å². The second-order valence-electron chi connectivity index (χ2n) is 6.16. The minimum atomic E-state index is -0.436. The van der Waals surface area contributed by atoms with Crippen molar-refractivity contribution in [1.82, 2.24) is 3.96 Å². The zero-order valence-corrected chi connectivity index (χ0v) is 16.3. The lowest BCUT2D eigenvalue weighted by molar-refractivity contribution is 0.0996. The maximum absolute atomic E-state index is 12.6. The summed E-state index contributed by atoms with van der Waals surface area (Å²) in [7, 11) is 2.95. The van der Waals surface area contributed by atoms with Gasteiger partial charge >= 0.3 is 0 Å². The van der Waals surface area contributed by atoms with Crippen molar-refractivity contribution in [3.8, 4) is 5.75 Å². The molecule has 2 rings (SSSR count). The van der Waals surface area contributed by atoms with Gasteiger partial charge in [-0.05, 0) is 50.5 Å². The molecule has 0 radical (unpaired) electrons. The molecule has 0 atom stereocenters. The van der Waals surface area contributed by atoms with E-state index >= 15 is 0 Å². The van der Waals surface area contributed by atoms with E-state index in [-0.39, 0.29) is 5.54 Å². The first-order valence-electron chi connectivity index (χ1n) is 7.49. The van der Waals surface area contributed by atoms with Crippen LogP contribution in [0.4, 0.5) is 0 Å². The summed E-state index contributed by atoms with van der Waals surface area (Å²) >= 11 is 7.36. The van der Waals surface area contributed by atoms with E-state index in [1.54, 1.807) is 18.2 Å². The molecule has 0 spiro atoms. The van der Waals surface area contributed by atoms with Gasteiger partial charge in [0, 0.05) is 16.8 Å². The largest absolute Gasteiger partial charge is 0.496 e. The molecular formula is C17H20ClN3O3S. The van der Waals surface area contributed by atoms with E-state index in [1.807, 2.05) is 10.2 Å². The smallest absolute Gasteiger partial charge is 0.282 e. The molecule has 0 saturated carbocycles. The number of benzene rings is 1. The van der Waals surface area contributed by atoms with Crippen molar-refractivity contribution in [1.29, 1.82) is 0 Å². The second kappa shape index (κ2) is 7.84. The maximum Gasteiger partial charge on any atom is 0.282 e. The Bertz CT molecular complexity index is 863. The summed E-state index contributed by atoms with van der Waals surface area (Å²) in [5.41, 5.74) is 0.849. The molecule has 1 amide bonds. The van der Waals surface area contributed by atoms with Crippen molar-refractivity contribution in [3.05, 3.63) is 45.2 Å². The molecule has 2 aromatic rings. The predicted molar refractivity (Wildman–Crippen MR) is 99.8 cm³/mol. The zero-order chi connectivity index (χ0) is 18.6. The summed E-state index contributed by atoms with van der Waals surface area (Å²) in [4.78, 5) is 21.6. The Labute approximate surface area is 155 Å². The number of oxime groups is 1. The quantitative estimate of drug-likeness (QED) is 0.599. The minimum Gasteiger partial charge on any atom is -0.496 e. The molecule has 0 fully saturated rings. The Morgan fingerprint density at radius 3 is 2.64 bits per heavy atom. The molecule has 0 N–H and O–H groups in total. The molecule has 1 heterocycles. The van der Waals surface area contributed by atoms with Crippen LogP contribution in [0.15, 0.2) is 34.5 Å². The van der Waals surface area contributed by atoms with E-state index in [4.69, 9.17) is 21.2 Å². The molecule has 0 aliphatic heterocycles. The Kier molecular flexibility index (Phi) is 6.02. The van der Waals surface area contributed by atoms with Crippen LogP contribution >= 0.6 is 23.1 Å². The highest BCUT2D eigenvalue weighted by Gasteiger charge is 2.17. The number of methoxy groups -OCH3 is 1. The van der Waals surface area contributed by atoms with Gasteiger partial charge in [0.2, 0.25) is 0 Å². The molecule has 0 aliphatic carbocycles. The summed E-state index contributed by atoms with van der Waals surface area (Å²) < 4.78 is 7.76. The molecule has 25 heavy (non-hydrogen) atoms. The first kappa shape index (κ1) is 19.2. The van der Waals surface area contributed by atoms with Gasteiger partial charge in [-0.15, -0.1) is 0 Å². The van der Waals surface area contributed by atoms with Crippen molar-refractivity contribution < 1.29 is 14.4 Å².